The average molecular weight is 412 g/mol. The first-order chi connectivity index (χ1) is 14.4. The van der Waals surface area contributed by atoms with Gasteiger partial charge in [-0.25, -0.2) is 13.8 Å². The summed E-state index contributed by atoms with van der Waals surface area (Å²) in [5.41, 5.74) is 8.28. The van der Waals surface area contributed by atoms with E-state index in [0.29, 0.717) is 33.3 Å². The van der Waals surface area contributed by atoms with E-state index in [4.69, 9.17) is 14.9 Å². The van der Waals surface area contributed by atoms with Gasteiger partial charge in [-0.15, -0.1) is 0 Å². The Hall–Kier alpha value is -3.57. The number of rotatable bonds is 5. The molecule has 2 aromatic carbocycles. The molecule has 0 aliphatic carbocycles. The molecule has 2 heterocycles. The van der Waals surface area contributed by atoms with Crippen LogP contribution in [0.2, 0.25) is 0 Å². The zero-order valence-corrected chi connectivity index (χ0v) is 15.6. The number of nitrogens with two attached hydrogens (primary N) is 1. The second-order valence-corrected chi connectivity index (χ2v) is 6.41. The fourth-order valence-electron chi connectivity index (χ4n) is 3.15. The number of ether oxygens (including phenoxy) is 1. The van der Waals surface area contributed by atoms with Gasteiger partial charge in [0.05, 0.1) is 30.7 Å². The number of benzene rings is 2. The molecule has 0 aliphatic rings. The molecule has 2 aromatic heterocycles. The summed E-state index contributed by atoms with van der Waals surface area (Å²) in [4.78, 5) is 3.95. The second kappa shape index (κ2) is 7.69. The number of halogens is 2. The Morgan fingerprint density at radius 2 is 1.93 bits per heavy atom. The lowest BCUT2D eigenvalue weighted by Crippen LogP contribution is -2.31. The van der Waals surface area contributed by atoms with Gasteiger partial charge < -0.3 is 24.9 Å². The van der Waals surface area contributed by atoms with Gasteiger partial charge in [-0.1, -0.05) is 12.1 Å². The SMILES string of the molecule is COc1cc(-c2ncc(C(F)F)o2)c(-c2ccc3c(N)cnnc3c2)cc1B(O)O. The predicted molar refractivity (Wildman–Crippen MR) is 106 cm³/mol. The smallest absolute Gasteiger partial charge is 0.492 e. The first-order valence-electron chi connectivity index (χ1n) is 8.72. The summed E-state index contributed by atoms with van der Waals surface area (Å²) in [6.07, 6.45) is -0.453. The van der Waals surface area contributed by atoms with Crippen molar-refractivity contribution in [1.29, 1.82) is 0 Å². The lowest BCUT2D eigenvalue weighted by Gasteiger charge is -2.15. The highest BCUT2D eigenvalue weighted by molar-refractivity contribution is 6.60. The highest BCUT2D eigenvalue weighted by atomic mass is 19.3. The van der Waals surface area contributed by atoms with Crippen LogP contribution in [0.5, 0.6) is 5.75 Å². The van der Waals surface area contributed by atoms with Gasteiger partial charge in [-0.05, 0) is 29.3 Å². The van der Waals surface area contributed by atoms with Crippen molar-refractivity contribution in [2.75, 3.05) is 12.8 Å². The second-order valence-electron chi connectivity index (χ2n) is 6.41. The van der Waals surface area contributed by atoms with Gasteiger partial charge in [0.15, 0.2) is 5.76 Å². The van der Waals surface area contributed by atoms with Crippen LogP contribution in [0.4, 0.5) is 14.5 Å². The van der Waals surface area contributed by atoms with Gasteiger partial charge in [0.25, 0.3) is 6.43 Å². The fourth-order valence-corrected chi connectivity index (χ4v) is 3.15. The molecule has 0 radical (unpaired) electrons. The molecule has 4 N–H and O–H groups in total. The largest absolute Gasteiger partial charge is 0.497 e. The van der Waals surface area contributed by atoms with E-state index in [9.17, 15) is 18.8 Å². The molecule has 0 unspecified atom stereocenters. The van der Waals surface area contributed by atoms with Crippen LogP contribution < -0.4 is 15.9 Å². The van der Waals surface area contributed by atoms with E-state index in [1.165, 1.54) is 25.4 Å². The number of hydrogen-bond donors (Lipinski definition) is 3. The van der Waals surface area contributed by atoms with E-state index in [-0.39, 0.29) is 17.1 Å². The molecule has 0 atom stereocenters. The Morgan fingerprint density at radius 1 is 1.13 bits per heavy atom. The van der Waals surface area contributed by atoms with Crippen LogP contribution in [0.1, 0.15) is 12.2 Å². The van der Waals surface area contributed by atoms with Crippen LogP contribution in [-0.2, 0) is 0 Å². The minimum absolute atomic E-state index is 0.0728. The lowest BCUT2D eigenvalue weighted by atomic mass is 9.77. The zero-order valence-electron chi connectivity index (χ0n) is 15.6. The zero-order chi connectivity index (χ0) is 21.4. The summed E-state index contributed by atoms with van der Waals surface area (Å²) in [7, 11) is -0.482. The van der Waals surface area contributed by atoms with Crippen molar-refractivity contribution in [3.8, 4) is 28.3 Å². The standard InChI is InChI=1S/C19H15BF2N4O4/c1-29-16-6-12(19-24-8-17(30-19)18(21)22)11(5-13(16)20(27)28)9-2-3-10-14(23)7-25-26-15(10)4-9/h2-8,18,27-28H,1H3,(H2,23,26). The fraction of sp³-hybridized carbons (Fsp3) is 0.105. The minimum atomic E-state index is -2.82. The van der Waals surface area contributed by atoms with Crippen molar-refractivity contribution in [1.82, 2.24) is 15.2 Å². The van der Waals surface area contributed by atoms with Crippen molar-refractivity contribution in [2.45, 2.75) is 6.43 Å². The molecule has 152 valence electrons. The van der Waals surface area contributed by atoms with Crippen molar-refractivity contribution < 1.29 is 28.0 Å². The summed E-state index contributed by atoms with van der Waals surface area (Å²) in [5, 5.41) is 28.1. The quantitative estimate of drug-likeness (QED) is 0.426. The number of methoxy groups -OCH3 is 1. The van der Waals surface area contributed by atoms with Gasteiger partial charge in [-0.3, -0.25) is 0 Å². The number of alkyl halides is 2. The number of anilines is 1. The van der Waals surface area contributed by atoms with Crippen LogP contribution in [0.3, 0.4) is 0 Å². The molecule has 11 heteroatoms. The molecule has 30 heavy (non-hydrogen) atoms. The highest BCUT2D eigenvalue weighted by Gasteiger charge is 2.24. The summed E-state index contributed by atoms with van der Waals surface area (Å²) >= 11 is 0. The first-order valence-corrected chi connectivity index (χ1v) is 8.72. The Kier molecular flexibility index (Phi) is 5.06. The molecule has 8 nitrogen and oxygen atoms in total. The summed E-state index contributed by atoms with van der Waals surface area (Å²) in [6, 6.07) is 8.06. The maximum absolute atomic E-state index is 13.0. The maximum atomic E-state index is 13.0. The third kappa shape index (κ3) is 3.44. The Labute approximate surface area is 169 Å². The van der Waals surface area contributed by atoms with Gasteiger partial charge in [0.2, 0.25) is 5.89 Å². The molecule has 0 aliphatic heterocycles. The minimum Gasteiger partial charge on any atom is -0.497 e. The van der Waals surface area contributed by atoms with Crippen LogP contribution in [0.25, 0.3) is 33.5 Å². The van der Waals surface area contributed by atoms with Crippen molar-refractivity contribution >= 4 is 29.2 Å². The monoisotopic (exact) mass is 412 g/mol. The van der Waals surface area contributed by atoms with Gasteiger partial charge in [-0.2, -0.15) is 10.2 Å². The van der Waals surface area contributed by atoms with Crippen molar-refractivity contribution in [3.63, 3.8) is 0 Å². The number of hydrogen-bond acceptors (Lipinski definition) is 8. The van der Waals surface area contributed by atoms with Crippen molar-refractivity contribution in [3.05, 3.63) is 48.5 Å². The number of nitrogen functional groups attached to an aromatic ring is 1. The molecule has 0 amide bonds. The van der Waals surface area contributed by atoms with E-state index in [1.807, 2.05) is 0 Å². The van der Waals surface area contributed by atoms with E-state index < -0.39 is 19.3 Å². The Balaban J connectivity index is 1.97. The van der Waals surface area contributed by atoms with E-state index in [1.54, 1.807) is 18.2 Å². The number of aromatic nitrogens is 3. The van der Waals surface area contributed by atoms with E-state index >= 15 is 0 Å². The number of oxazole rings is 1. The molecular weight excluding hydrogens is 397 g/mol. The maximum Gasteiger partial charge on any atom is 0.492 e. The van der Waals surface area contributed by atoms with Gasteiger partial charge in [0.1, 0.15) is 5.75 Å². The summed E-state index contributed by atoms with van der Waals surface area (Å²) in [6.45, 7) is 0. The normalized spacial score (nSPS) is 11.3. The molecule has 4 rings (SSSR count). The Bertz CT molecular complexity index is 1230. The summed E-state index contributed by atoms with van der Waals surface area (Å²) in [5.74, 6) is -0.528. The highest BCUT2D eigenvalue weighted by Crippen LogP contribution is 2.36. The molecule has 4 aromatic rings. The van der Waals surface area contributed by atoms with Crippen molar-refractivity contribution in [2.24, 2.45) is 0 Å². The third-order valence-electron chi connectivity index (χ3n) is 4.60. The topological polar surface area (TPSA) is 128 Å². The average Bonchev–Trinajstić information content (AvgIpc) is 3.23. The number of fused-ring (bicyclic) bond motifs is 1. The first kappa shape index (κ1) is 19.7. The predicted octanol–water partition coefficient (Wildman–Crippen LogP) is 2.16. The van der Waals surface area contributed by atoms with Gasteiger partial charge in [0, 0.05) is 16.4 Å². The van der Waals surface area contributed by atoms with E-state index in [2.05, 4.69) is 15.2 Å². The summed E-state index contributed by atoms with van der Waals surface area (Å²) < 4.78 is 36.4. The molecule has 0 saturated heterocycles. The van der Waals surface area contributed by atoms with Crippen LogP contribution >= 0.6 is 0 Å². The molecular formula is C19H15BF2N4O4. The Morgan fingerprint density at radius 3 is 2.60 bits per heavy atom. The van der Waals surface area contributed by atoms with Crippen LogP contribution in [0, 0.1) is 0 Å². The molecule has 0 spiro atoms. The number of nitrogens with zero attached hydrogens (tertiary/aromatic N) is 3. The molecule has 0 saturated carbocycles. The van der Waals surface area contributed by atoms with Gasteiger partial charge >= 0.3 is 7.12 Å². The van der Waals surface area contributed by atoms with Crippen LogP contribution in [0.15, 0.2) is 47.1 Å². The third-order valence-corrected chi connectivity index (χ3v) is 4.60. The molecule has 0 fully saturated rings. The lowest BCUT2D eigenvalue weighted by molar-refractivity contribution is 0.123. The van der Waals surface area contributed by atoms with Crippen LogP contribution in [-0.4, -0.2) is 39.5 Å². The molecule has 0 bridgehead atoms. The van der Waals surface area contributed by atoms with E-state index in [0.717, 1.165) is 6.20 Å².